The Kier molecular flexibility index (Phi) is 4.38. The quantitative estimate of drug-likeness (QED) is 0.865. The summed E-state index contributed by atoms with van der Waals surface area (Å²) in [5.41, 5.74) is 0.982. The first-order chi connectivity index (χ1) is 10.6. The molecule has 0 unspecified atom stereocenters. The number of likely N-dealkylation sites (tertiary alicyclic amines) is 1. The van der Waals surface area contributed by atoms with Crippen LogP contribution in [0.2, 0.25) is 0 Å². The van der Waals surface area contributed by atoms with Crippen LogP contribution >= 0.6 is 0 Å². The first-order valence-electron chi connectivity index (χ1n) is 7.76. The third-order valence-electron chi connectivity index (χ3n) is 4.07. The van der Waals surface area contributed by atoms with Crippen molar-refractivity contribution in [1.29, 1.82) is 0 Å². The van der Waals surface area contributed by atoms with Crippen LogP contribution in [0, 0.1) is 13.8 Å². The third-order valence-corrected chi connectivity index (χ3v) is 4.07. The molecule has 118 valence electrons. The Balaban J connectivity index is 1.54. The van der Waals surface area contributed by atoms with E-state index in [1.807, 2.05) is 32.0 Å². The predicted octanol–water partition coefficient (Wildman–Crippen LogP) is 2.69. The van der Waals surface area contributed by atoms with Gasteiger partial charge in [-0.05, 0) is 32.8 Å². The molecule has 0 radical (unpaired) electrons. The number of nitrogens with zero attached hydrogens (tertiary/aromatic N) is 4. The summed E-state index contributed by atoms with van der Waals surface area (Å²) in [6.07, 6.45) is 2.18. The SMILES string of the molecule is Cc1cccc(OC2CCN([C@@H](C)c3nnc(C)o3)CC2)n1. The summed E-state index contributed by atoms with van der Waals surface area (Å²) in [4.78, 5) is 6.76. The fourth-order valence-electron chi connectivity index (χ4n) is 2.77. The van der Waals surface area contributed by atoms with Crippen LogP contribution in [0.25, 0.3) is 0 Å². The highest BCUT2D eigenvalue weighted by molar-refractivity contribution is 5.15. The molecule has 0 aromatic carbocycles. The van der Waals surface area contributed by atoms with E-state index in [1.54, 1.807) is 0 Å². The molecule has 6 nitrogen and oxygen atoms in total. The first-order valence-corrected chi connectivity index (χ1v) is 7.76. The van der Waals surface area contributed by atoms with Crippen LogP contribution in [0.3, 0.4) is 0 Å². The smallest absolute Gasteiger partial charge is 0.233 e. The Morgan fingerprint density at radius 3 is 2.64 bits per heavy atom. The summed E-state index contributed by atoms with van der Waals surface area (Å²) >= 11 is 0. The van der Waals surface area contributed by atoms with Gasteiger partial charge in [-0.3, -0.25) is 4.90 Å². The lowest BCUT2D eigenvalue weighted by atomic mass is 10.1. The van der Waals surface area contributed by atoms with Crippen molar-refractivity contribution < 1.29 is 9.15 Å². The van der Waals surface area contributed by atoms with E-state index in [1.165, 1.54) is 0 Å². The lowest BCUT2D eigenvalue weighted by Gasteiger charge is -2.34. The van der Waals surface area contributed by atoms with Gasteiger partial charge in [0.1, 0.15) is 6.10 Å². The molecule has 1 saturated heterocycles. The van der Waals surface area contributed by atoms with E-state index in [-0.39, 0.29) is 12.1 Å². The standard InChI is InChI=1S/C16H22N4O2/c1-11-5-4-6-15(17-11)22-14-7-9-20(10-8-14)12(2)16-19-18-13(3)21-16/h4-6,12,14H,7-10H2,1-3H3/t12-/m0/s1. The third kappa shape index (κ3) is 3.44. The molecule has 0 spiro atoms. The summed E-state index contributed by atoms with van der Waals surface area (Å²) in [6, 6.07) is 6.03. The zero-order valence-corrected chi connectivity index (χ0v) is 13.3. The molecule has 1 atom stereocenters. The number of hydrogen-bond donors (Lipinski definition) is 0. The van der Waals surface area contributed by atoms with Gasteiger partial charge in [-0.25, -0.2) is 4.98 Å². The lowest BCUT2D eigenvalue weighted by Crippen LogP contribution is -2.39. The van der Waals surface area contributed by atoms with Crippen molar-refractivity contribution in [2.45, 2.75) is 45.8 Å². The van der Waals surface area contributed by atoms with Crippen molar-refractivity contribution in [2.24, 2.45) is 0 Å². The van der Waals surface area contributed by atoms with Gasteiger partial charge in [0.25, 0.3) is 0 Å². The first kappa shape index (κ1) is 15.0. The van der Waals surface area contributed by atoms with E-state index in [4.69, 9.17) is 9.15 Å². The fourth-order valence-corrected chi connectivity index (χ4v) is 2.77. The lowest BCUT2D eigenvalue weighted by molar-refractivity contribution is 0.0691. The van der Waals surface area contributed by atoms with Gasteiger partial charge in [0.05, 0.1) is 6.04 Å². The van der Waals surface area contributed by atoms with Gasteiger partial charge in [-0.1, -0.05) is 6.07 Å². The maximum atomic E-state index is 5.98. The average Bonchev–Trinajstić information content (AvgIpc) is 2.94. The summed E-state index contributed by atoms with van der Waals surface area (Å²) in [7, 11) is 0. The number of rotatable bonds is 4. The molecule has 3 rings (SSSR count). The van der Waals surface area contributed by atoms with Gasteiger partial charge >= 0.3 is 0 Å². The van der Waals surface area contributed by atoms with E-state index >= 15 is 0 Å². The topological polar surface area (TPSA) is 64.3 Å². The molecule has 2 aromatic rings. The summed E-state index contributed by atoms with van der Waals surface area (Å²) in [6.45, 7) is 7.82. The highest BCUT2D eigenvalue weighted by Gasteiger charge is 2.27. The van der Waals surface area contributed by atoms with Crippen molar-refractivity contribution in [3.05, 3.63) is 35.7 Å². The Morgan fingerprint density at radius 2 is 2.00 bits per heavy atom. The number of ether oxygens (including phenoxy) is 1. The monoisotopic (exact) mass is 302 g/mol. The number of piperidine rings is 1. The highest BCUT2D eigenvalue weighted by Crippen LogP contribution is 2.25. The minimum absolute atomic E-state index is 0.152. The predicted molar refractivity (Wildman–Crippen MR) is 81.6 cm³/mol. The maximum absolute atomic E-state index is 5.98. The van der Waals surface area contributed by atoms with E-state index < -0.39 is 0 Å². The van der Waals surface area contributed by atoms with Gasteiger partial charge in [-0.15, -0.1) is 10.2 Å². The second-order valence-electron chi connectivity index (χ2n) is 5.81. The average molecular weight is 302 g/mol. The van der Waals surface area contributed by atoms with E-state index in [2.05, 4.69) is 27.0 Å². The Bertz CT molecular complexity index is 620. The van der Waals surface area contributed by atoms with Crippen LogP contribution < -0.4 is 4.74 Å². The minimum Gasteiger partial charge on any atom is -0.474 e. The van der Waals surface area contributed by atoms with Crippen LogP contribution in [0.5, 0.6) is 5.88 Å². The molecule has 22 heavy (non-hydrogen) atoms. The second kappa shape index (κ2) is 6.44. The molecule has 0 saturated carbocycles. The van der Waals surface area contributed by atoms with Gasteiger partial charge in [0, 0.05) is 31.8 Å². The molecule has 1 aliphatic rings. The van der Waals surface area contributed by atoms with E-state index in [0.717, 1.165) is 37.5 Å². The van der Waals surface area contributed by atoms with Gasteiger partial charge < -0.3 is 9.15 Å². The van der Waals surface area contributed by atoms with Gasteiger partial charge in [0.2, 0.25) is 17.7 Å². The van der Waals surface area contributed by atoms with Crippen molar-refractivity contribution in [2.75, 3.05) is 13.1 Å². The highest BCUT2D eigenvalue weighted by atomic mass is 16.5. The van der Waals surface area contributed by atoms with Crippen LogP contribution in [0.15, 0.2) is 22.6 Å². The van der Waals surface area contributed by atoms with Crippen molar-refractivity contribution in [3.8, 4) is 5.88 Å². The normalized spacial score (nSPS) is 18.3. The molecular formula is C16H22N4O2. The molecule has 3 heterocycles. The van der Waals surface area contributed by atoms with Crippen LogP contribution in [-0.2, 0) is 0 Å². The van der Waals surface area contributed by atoms with Gasteiger partial charge in [-0.2, -0.15) is 0 Å². The largest absolute Gasteiger partial charge is 0.474 e. The molecule has 1 fully saturated rings. The molecule has 0 aliphatic carbocycles. The molecular weight excluding hydrogens is 280 g/mol. The maximum Gasteiger partial charge on any atom is 0.233 e. The molecule has 0 bridgehead atoms. The van der Waals surface area contributed by atoms with Crippen LogP contribution in [0.1, 0.15) is 43.3 Å². The Morgan fingerprint density at radius 1 is 1.23 bits per heavy atom. The Hall–Kier alpha value is -1.95. The minimum atomic E-state index is 0.152. The molecule has 2 aromatic heterocycles. The summed E-state index contributed by atoms with van der Waals surface area (Å²) < 4.78 is 11.5. The molecule has 1 aliphatic heterocycles. The summed E-state index contributed by atoms with van der Waals surface area (Å²) in [5.74, 6) is 2.03. The van der Waals surface area contributed by atoms with Gasteiger partial charge in [0.15, 0.2) is 0 Å². The molecule has 0 amide bonds. The van der Waals surface area contributed by atoms with E-state index in [9.17, 15) is 0 Å². The second-order valence-corrected chi connectivity index (χ2v) is 5.81. The number of aromatic nitrogens is 3. The van der Waals surface area contributed by atoms with Crippen molar-refractivity contribution in [3.63, 3.8) is 0 Å². The molecule has 6 heteroatoms. The number of aryl methyl sites for hydroxylation is 2. The zero-order chi connectivity index (χ0) is 15.5. The van der Waals surface area contributed by atoms with Crippen LogP contribution in [-0.4, -0.2) is 39.3 Å². The van der Waals surface area contributed by atoms with E-state index in [0.29, 0.717) is 11.8 Å². The zero-order valence-electron chi connectivity index (χ0n) is 13.3. The van der Waals surface area contributed by atoms with Crippen LogP contribution in [0.4, 0.5) is 0 Å². The van der Waals surface area contributed by atoms with Crippen molar-refractivity contribution >= 4 is 0 Å². The summed E-state index contributed by atoms with van der Waals surface area (Å²) in [5, 5.41) is 8.02. The fraction of sp³-hybridized carbons (Fsp3) is 0.562. The molecule has 0 N–H and O–H groups in total. The van der Waals surface area contributed by atoms with Crippen molar-refractivity contribution in [1.82, 2.24) is 20.1 Å². The number of pyridine rings is 1. The Labute approximate surface area is 130 Å². The number of hydrogen-bond acceptors (Lipinski definition) is 6.